The molecule has 0 aliphatic carbocycles. The zero-order valence-electron chi connectivity index (χ0n) is 12.3. The van der Waals surface area contributed by atoms with E-state index in [0.29, 0.717) is 16.3 Å². The number of aromatic nitrogens is 2. The molecule has 2 aromatic rings. The molecule has 6 nitrogen and oxygen atoms in total. The summed E-state index contributed by atoms with van der Waals surface area (Å²) in [5.74, 6) is 1.09. The summed E-state index contributed by atoms with van der Waals surface area (Å²) in [7, 11) is 1.47. The lowest BCUT2D eigenvalue weighted by Gasteiger charge is -2.14. The summed E-state index contributed by atoms with van der Waals surface area (Å²) in [4.78, 5) is 8.06. The van der Waals surface area contributed by atoms with Crippen LogP contribution in [0.15, 0.2) is 24.5 Å². The summed E-state index contributed by atoms with van der Waals surface area (Å²) in [6.07, 6.45) is 1.24. The molecule has 0 bridgehead atoms. The SMILES string of the molecule is COc1c(Oc2ccc(C#N)cc2Cl)ncnc1OC(C)C. The number of nitriles is 1. The number of hydrogen-bond donors (Lipinski definition) is 0. The van der Waals surface area contributed by atoms with Crippen LogP contribution in [0.5, 0.6) is 23.3 Å². The summed E-state index contributed by atoms with van der Waals surface area (Å²) in [5, 5.41) is 9.14. The first-order valence-electron chi connectivity index (χ1n) is 6.48. The number of halogens is 1. The normalized spacial score (nSPS) is 10.2. The van der Waals surface area contributed by atoms with Gasteiger partial charge in [0.2, 0.25) is 5.75 Å². The lowest BCUT2D eigenvalue weighted by Crippen LogP contribution is -2.09. The zero-order valence-corrected chi connectivity index (χ0v) is 13.1. The smallest absolute Gasteiger partial charge is 0.269 e. The first-order chi connectivity index (χ1) is 10.5. The Hall–Kier alpha value is -2.52. The molecule has 114 valence electrons. The Labute approximate surface area is 133 Å². The number of rotatable bonds is 5. The lowest BCUT2D eigenvalue weighted by atomic mass is 10.2. The summed E-state index contributed by atoms with van der Waals surface area (Å²) < 4.78 is 16.5. The van der Waals surface area contributed by atoms with Crippen LogP contribution in [0.2, 0.25) is 5.02 Å². The molecular weight excluding hydrogens is 306 g/mol. The van der Waals surface area contributed by atoms with Crippen LogP contribution >= 0.6 is 11.6 Å². The van der Waals surface area contributed by atoms with Crippen LogP contribution in [0.25, 0.3) is 0 Å². The zero-order chi connectivity index (χ0) is 16.1. The van der Waals surface area contributed by atoms with E-state index in [4.69, 9.17) is 31.1 Å². The predicted octanol–water partition coefficient (Wildman–Crippen LogP) is 3.59. The van der Waals surface area contributed by atoms with Crippen LogP contribution < -0.4 is 14.2 Å². The van der Waals surface area contributed by atoms with E-state index in [1.807, 2.05) is 19.9 Å². The third kappa shape index (κ3) is 3.57. The highest BCUT2D eigenvalue weighted by atomic mass is 35.5. The first kappa shape index (κ1) is 15.9. The van der Waals surface area contributed by atoms with Crippen molar-refractivity contribution in [3.8, 4) is 29.3 Å². The number of hydrogen-bond acceptors (Lipinski definition) is 6. The summed E-state index contributed by atoms with van der Waals surface area (Å²) in [5.41, 5.74) is 0.441. The second-order valence-corrected chi connectivity index (χ2v) is 4.95. The Morgan fingerprint density at radius 1 is 1.23 bits per heavy atom. The molecule has 7 heteroatoms. The Morgan fingerprint density at radius 2 is 1.95 bits per heavy atom. The van der Waals surface area contributed by atoms with Gasteiger partial charge in [0, 0.05) is 0 Å². The largest absolute Gasteiger partial charge is 0.487 e. The Balaban J connectivity index is 2.35. The predicted molar refractivity (Wildman–Crippen MR) is 80.6 cm³/mol. The van der Waals surface area contributed by atoms with Crippen molar-refractivity contribution in [2.45, 2.75) is 20.0 Å². The number of methoxy groups -OCH3 is 1. The van der Waals surface area contributed by atoms with Gasteiger partial charge >= 0.3 is 0 Å². The van der Waals surface area contributed by atoms with E-state index in [9.17, 15) is 0 Å². The maximum Gasteiger partial charge on any atom is 0.269 e. The second-order valence-electron chi connectivity index (χ2n) is 4.54. The maximum absolute atomic E-state index is 8.84. The van der Waals surface area contributed by atoms with Crippen molar-refractivity contribution in [3.05, 3.63) is 35.1 Å². The molecule has 0 spiro atoms. The molecular formula is C15H14ClN3O3. The minimum absolute atomic E-state index is 0.0739. The van der Waals surface area contributed by atoms with Gasteiger partial charge in [0.05, 0.1) is 29.9 Å². The topological polar surface area (TPSA) is 77.3 Å². The molecule has 0 saturated carbocycles. The van der Waals surface area contributed by atoms with Gasteiger partial charge in [-0.05, 0) is 32.0 Å². The van der Waals surface area contributed by atoms with Gasteiger partial charge in [-0.2, -0.15) is 15.2 Å². The average molecular weight is 320 g/mol. The van der Waals surface area contributed by atoms with Crippen LogP contribution in [-0.2, 0) is 0 Å². The van der Waals surface area contributed by atoms with Gasteiger partial charge in [-0.1, -0.05) is 11.6 Å². The van der Waals surface area contributed by atoms with E-state index in [1.165, 1.54) is 19.5 Å². The van der Waals surface area contributed by atoms with Gasteiger partial charge in [0.25, 0.3) is 11.8 Å². The van der Waals surface area contributed by atoms with Crippen molar-refractivity contribution in [3.63, 3.8) is 0 Å². The van der Waals surface area contributed by atoms with Gasteiger partial charge in [-0.25, -0.2) is 0 Å². The third-order valence-electron chi connectivity index (χ3n) is 2.56. The monoisotopic (exact) mass is 319 g/mol. The van der Waals surface area contributed by atoms with Crippen LogP contribution in [0.3, 0.4) is 0 Å². The summed E-state index contributed by atoms with van der Waals surface area (Å²) in [6, 6.07) is 6.70. The molecule has 0 aliphatic heterocycles. The van der Waals surface area contributed by atoms with Crippen molar-refractivity contribution in [1.82, 2.24) is 9.97 Å². The third-order valence-corrected chi connectivity index (χ3v) is 2.85. The highest BCUT2D eigenvalue weighted by Crippen LogP contribution is 2.38. The molecule has 1 aromatic heterocycles. The van der Waals surface area contributed by atoms with Crippen LogP contribution in [0, 0.1) is 11.3 Å². The number of nitrogens with zero attached hydrogens (tertiary/aromatic N) is 3. The molecule has 0 atom stereocenters. The highest BCUT2D eigenvalue weighted by Gasteiger charge is 2.17. The molecule has 22 heavy (non-hydrogen) atoms. The van der Waals surface area contributed by atoms with Crippen molar-refractivity contribution < 1.29 is 14.2 Å². The van der Waals surface area contributed by atoms with E-state index < -0.39 is 0 Å². The number of benzene rings is 1. The van der Waals surface area contributed by atoms with Crippen molar-refractivity contribution >= 4 is 11.6 Å². The van der Waals surface area contributed by atoms with Gasteiger partial charge in [0.1, 0.15) is 12.1 Å². The highest BCUT2D eigenvalue weighted by molar-refractivity contribution is 6.32. The molecule has 0 unspecified atom stereocenters. The van der Waals surface area contributed by atoms with E-state index in [0.717, 1.165) is 0 Å². The van der Waals surface area contributed by atoms with Gasteiger partial charge in [-0.15, -0.1) is 0 Å². The van der Waals surface area contributed by atoms with Gasteiger partial charge in [-0.3, -0.25) is 0 Å². The fourth-order valence-electron chi connectivity index (χ4n) is 1.65. The maximum atomic E-state index is 8.84. The molecule has 0 radical (unpaired) electrons. The Kier molecular flexibility index (Phi) is 5.02. The molecule has 1 heterocycles. The average Bonchev–Trinajstić information content (AvgIpc) is 2.49. The second kappa shape index (κ2) is 6.96. The van der Waals surface area contributed by atoms with E-state index in [-0.39, 0.29) is 23.6 Å². The van der Waals surface area contributed by atoms with Crippen LogP contribution in [0.1, 0.15) is 19.4 Å². The van der Waals surface area contributed by atoms with Crippen molar-refractivity contribution in [1.29, 1.82) is 5.26 Å². The summed E-state index contributed by atoms with van der Waals surface area (Å²) in [6.45, 7) is 3.75. The molecule has 0 fully saturated rings. The molecule has 0 saturated heterocycles. The molecule has 0 N–H and O–H groups in total. The Bertz CT molecular complexity index is 714. The quantitative estimate of drug-likeness (QED) is 0.838. The fourth-order valence-corrected chi connectivity index (χ4v) is 1.87. The van der Waals surface area contributed by atoms with Crippen molar-refractivity contribution in [2.75, 3.05) is 7.11 Å². The first-order valence-corrected chi connectivity index (χ1v) is 6.86. The molecule has 0 aliphatic rings. The van der Waals surface area contributed by atoms with Gasteiger partial charge < -0.3 is 14.2 Å². The number of ether oxygens (including phenoxy) is 3. The van der Waals surface area contributed by atoms with E-state index in [1.54, 1.807) is 12.1 Å². The fraction of sp³-hybridized carbons (Fsp3) is 0.267. The van der Waals surface area contributed by atoms with Crippen LogP contribution in [0.4, 0.5) is 0 Å². The Morgan fingerprint density at radius 3 is 2.55 bits per heavy atom. The van der Waals surface area contributed by atoms with E-state index >= 15 is 0 Å². The van der Waals surface area contributed by atoms with Crippen molar-refractivity contribution in [2.24, 2.45) is 0 Å². The van der Waals surface area contributed by atoms with E-state index in [2.05, 4.69) is 9.97 Å². The standard InChI is InChI=1S/C15H14ClN3O3/c1-9(2)21-14-13(20-3)15(19-8-18-14)22-12-5-4-10(7-17)6-11(12)16/h4-6,8-9H,1-3H3. The minimum atomic E-state index is -0.0739. The minimum Gasteiger partial charge on any atom is -0.487 e. The molecule has 0 amide bonds. The summed E-state index contributed by atoms with van der Waals surface area (Å²) >= 11 is 6.09. The molecule has 1 aromatic carbocycles. The molecule has 2 rings (SSSR count). The van der Waals surface area contributed by atoms with Crippen LogP contribution in [-0.4, -0.2) is 23.2 Å². The lowest BCUT2D eigenvalue weighted by molar-refractivity contribution is 0.216. The van der Waals surface area contributed by atoms with Gasteiger partial charge in [0.15, 0.2) is 0 Å².